The van der Waals surface area contributed by atoms with Gasteiger partial charge in [0.1, 0.15) is 5.75 Å². The molecular weight excluding hydrogens is 246 g/mol. The van der Waals surface area contributed by atoms with Crippen LogP contribution in [0.25, 0.3) is 0 Å². The topological polar surface area (TPSA) is 60.2 Å². The van der Waals surface area contributed by atoms with Crippen molar-refractivity contribution in [3.8, 4) is 5.75 Å². The summed E-state index contributed by atoms with van der Waals surface area (Å²) in [5, 5.41) is 3.12. The molecule has 1 aromatic carbocycles. The zero-order valence-corrected chi connectivity index (χ0v) is 11.3. The largest absolute Gasteiger partial charge is 0.496 e. The van der Waals surface area contributed by atoms with E-state index in [4.69, 9.17) is 10.6 Å². The van der Waals surface area contributed by atoms with E-state index in [0.717, 1.165) is 28.4 Å². The van der Waals surface area contributed by atoms with E-state index in [1.165, 1.54) is 0 Å². The molecule has 1 aromatic heterocycles. The number of methoxy groups -OCH3 is 1. The Morgan fingerprint density at radius 2 is 2.22 bits per heavy atom. The van der Waals surface area contributed by atoms with Crippen molar-refractivity contribution in [2.75, 3.05) is 7.11 Å². The molecule has 0 saturated heterocycles. The number of thiazole rings is 1. The molecule has 0 aliphatic heterocycles. The number of aryl methyl sites for hydroxylation is 1. The second kappa shape index (κ2) is 5.95. The van der Waals surface area contributed by atoms with Gasteiger partial charge >= 0.3 is 0 Å². The number of nitrogens with zero attached hydrogens (tertiary/aromatic N) is 1. The zero-order chi connectivity index (χ0) is 13.0. The first kappa shape index (κ1) is 13.0. The van der Waals surface area contributed by atoms with Crippen LogP contribution in [0.15, 0.2) is 29.6 Å². The third-order valence-electron chi connectivity index (χ3n) is 2.76. The van der Waals surface area contributed by atoms with Crippen LogP contribution in [0.4, 0.5) is 0 Å². The molecule has 4 nitrogen and oxygen atoms in total. The van der Waals surface area contributed by atoms with Crippen molar-refractivity contribution in [1.29, 1.82) is 0 Å². The standard InChI is InChI=1S/C13H17N3OS/c1-9-8-18-13(15-9)7-11(16-14)10-5-3-4-6-12(10)17-2/h3-6,8,11,16H,7,14H2,1-2H3. The molecule has 0 saturated carbocycles. The minimum absolute atomic E-state index is 0.00620. The van der Waals surface area contributed by atoms with Crippen LogP contribution in [0.5, 0.6) is 5.75 Å². The Hall–Kier alpha value is -1.43. The average Bonchev–Trinajstić information content (AvgIpc) is 2.81. The fourth-order valence-corrected chi connectivity index (χ4v) is 2.70. The van der Waals surface area contributed by atoms with Crippen molar-refractivity contribution in [2.45, 2.75) is 19.4 Å². The number of nitrogens with two attached hydrogens (primary N) is 1. The fraction of sp³-hybridized carbons (Fsp3) is 0.308. The summed E-state index contributed by atoms with van der Waals surface area (Å²) >= 11 is 1.65. The molecule has 96 valence electrons. The number of benzene rings is 1. The summed E-state index contributed by atoms with van der Waals surface area (Å²) in [5.74, 6) is 6.50. The number of hydrazine groups is 1. The maximum atomic E-state index is 5.65. The number of nitrogens with one attached hydrogen (secondary N) is 1. The van der Waals surface area contributed by atoms with E-state index in [0.29, 0.717) is 0 Å². The number of aromatic nitrogens is 1. The predicted octanol–water partition coefficient (Wildman–Crippen LogP) is 2.21. The Kier molecular flexibility index (Phi) is 4.30. The van der Waals surface area contributed by atoms with Crippen LogP contribution < -0.4 is 16.0 Å². The predicted molar refractivity (Wildman–Crippen MR) is 73.6 cm³/mol. The lowest BCUT2D eigenvalue weighted by Gasteiger charge is -2.17. The summed E-state index contributed by atoms with van der Waals surface area (Å²) in [5.41, 5.74) is 4.94. The van der Waals surface area contributed by atoms with Gasteiger partial charge in [-0.25, -0.2) is 4.98 Å². The van der Waals surface area contributed by atoms with Crippen molar-refractivity contribution in [2.24, 2.45) is 5.84 Å². The maximum Gasteiger partial charge on any atom is 0.123 e. The lowest BCUT2D eigenvalue weighted by Crippen LogP contribution is -2.29. The molecule has 1 unspecified atom stereocenters. The molecule has 0 radical (unpaired) electrons. The normalized spacial score (nSPS) is 12.4. The number of para-hydroxylation sites is 1. The molecule has 5 heteroatoms. The van der Waals surface area contributed by atoms with E-state index in [9.17, 15) is 0 Å². The molecule has 1 atom stereocenters. The highest BCUT2D eigenvalue weighted by molar-refractivity contribution is 7.09. The van der Waals surface area contributed by atoms with Gasteiger partial charge in [0.2, 0.25) is 0 Å². The molecule has 3 N–H and O–H groups in total. The lowest BCUT2D eigenvalue weighted by molar-refractivity contribution is 0.399. The third kappa shape index (κ3) is 2.87. The molecule has 0 amide bonds. The number of ether oxygens (including phenoxy) is 1. The Morgan fingerprint density at radius 1 is 1.44 bits per heavy atom. The second-order valence-electron chi connectivity index (χ2n) is 4.05. The number of hydrogen-bond donors (Lipinski definition) is 2. The van der Waals surface area contributed by atoms with Crippen molar-refractivity contribution >= 4 is 11.3 Å². The SMILES string of the molecule is COc1ccccc1C(Cc1nc(C)cs1)NN. The molecule has 1 heterocycles. The van der Waals surface area contributed by atoms with Crippen LogP contribution in [-0.4, -0.2) is 12.1 Å². The van der Waals surface area contributed by atoms with Crippen molar-refractivity contribution in [3.05, 3.63) is 45.9 Å². The minimum Gasteiger partial charge on any atom is -0.496 e. The molecule has 2 rings (SSSR count). The molecule has 0 aliphatic rings. The van der Waals surface area contributed by atoms with Gasteiger partial charge < -0.3 is 4.74 Å². The highest BCUT2D eigenvalue weighted by atomic mass is 32.1. The van der Waals surface area contributed by atoms with Gasteiger partial charge in [0.05, 0.1) is 18.2 Å². The maximum absolute atomic E-state index is 5.65. The monoisotopic (exact) mass is 263 g/mol. The van der Waals surface area contributed by atoms with Gasteiger partial charge in [-0.3, -0.25) is 11.3 Å². The van der Waals surface area contributed by atoms with Gasteiger partial charge in [-0.05, 0) is 13.0 Å². The van der Waals surface area contributed by atoms with E-state index < -0.39 is 0 Å². The van der Waals surface area contributed by atoms with Crippen molar-refractivity contribution in [3.63, 3.8) is 0 Å². The van der Waals surface area contributed by atoms with Crippen LogP contribution in [0.1, 0.15) is 22.3 Å². The highest BCUT2D eigenvalue weighted by Crippen LogP contribution is 2.27. The van der Waals surface area contributed by atoms with Gasteiger partial charge in [0.15, 0.2) is 0 Å². The third-order valence-corrected chi connectivity index (χ3v) is 3.75. The first-order valence-corrected chi connectivity index (χ1v) is 6.62. The van der Waals surface area contributed by atoms with Crippen molar-refractivity contribution in [1.82, 2.24) is 10.4 Å². The van der Waals surface area contributed by atoms with Gasteiger partial charge in [-0.15, -0.1) is 11.3 Å². The van der Waals surface area contributed by atoms with Crippen LogP contribution >= 0.6 is 11.3 Å². The van der Waals surface area contributed by atoms with E-state index in [1.807, 2.05) is 36.6 Å². The molecule has 0 aliphatic carbocycles. The Labute approximate surface area is 111 Å². The van der Waals surface area contributed by atoms with Gasteiger partial charge in [0.25, 0.3) is 0 Å². The lowest BCUT2D eigenvalue weighted by atomic mass is 10.0. The number of rotatable bonds is 5. The summed E-state index contributed by atoms with van der Waals surface area (Å²) in [6, 6.07) is 7.89. The van der Waals surface area contributed by atoms with Crippen LogP contribution in [0, 0.1) is 6.92 Å². The summed E-state index contributed by atoms with van der Waals surface area (Å²) in [4.78, 5) is 4.46. The van der Waals surface area contributed by atoms with E-state index in [1.54, 1.807) is 18.4 Å². The van der Waals surface area contributed by atoms with E-state index in [2.05, 4.69) is 10.4 Å². The van der Waals surface area contributed by atoms with Gasteiger partial charge in [-0.1, -0.05) is 18.2 Å². The molecule has 0 fully saturated rings. The second-order valence-corrected chi connectivity index (χ2v) is 4.99. The summed E-state index contributed by atoms with van der Waals surface area (Å²) in [6.07, 6.45) is 0.759. The zero-order valence-electron chi connectivity index (χ0n) is 10.5. The smallest absolute Gasteiger partial charge is 0.123 e. The molecular formula is C13H17N3OS. The molecule has 2 aromatic rings. The Balaban J connectivity index is 2.22. The summed E-state index contributed by atoms with van der Waals surface area (Å²) < 4.78 is 5.36. The summed E-state index contributed by atoms with van der Waals surface area (Å²) in [7, 11) is 1.67. The van der Waals surface area contributed by atoms with Gasteiger partial charge in [-0.2, -0.15) is 0 Å². The van der Waals surface area contributed by atoms with Crippen LogP contribution in [0.2, 0.25) is 0 Å². The molecule has 18 heavy (non-hydrogen) atoms. The Morgan fingerprint density at radius 3 is 2.83 bits per heavy atom. The molecule has 0 spiro atoms. The number of hydrogen-bond acceptors (Lipinski definition) is 5. The highest BCUT2D eigenvalue weighted by Gasteiger charge is 2.16. The first-order chi connectivity index (χ1) is 8.74. The summed E-state index contributed by atoms with van der Waals surface area (Å²) in [6.45, 7) is 1.99. The van der Waals surface area contributed by atoms with E-state index >= 15 is 0 Å². The van der Waals surface area contributed by atoms with Gasteiger partial charge in [0, 0.05) is 23.1 Å². The van der Waals surface area contributed by atoms with Crippen LogP contribution in [-0.2, 0) is 6.42 Å². The van der Waals surface area contributed by atoms with E-state index in [-0.39, 0.29) is 6.04 Å². The van der Waals surface area contributed by atoms with Crippen molar-refractivity contribution < 1.29 is 4.74 Å². The minimum atomic E-state index is 0.00620. The first-order valence-electron chi connectivity index (χ1n) is 5.74. The molecule has 0 bridgehead atoms. The fourth-order valence-electron chi connectivity index (χ4n) is 1.88. The Bertz CT molecular complexity index is 512. The van der Waals surface area contributed by atoms with Crippen LogP contribution in [0.3, 0.4) is 0 Å². The quantitative estimate of drug-likeness (QED) is 0.641. The average molecular weight is 263 g/mol.